The number of carbonyl (C=O) groups is 2. The van der Waals surface area contributed by atoms with Gasteiger partial charge in [-0.25, -0.2) is 0 Å². The van der Waals surface area contributed by atoms with Crippen molar-refractivity contribution in [2.24, 2.45) is 0 Å². The third-order valence-electron chi connectivity index (χ3n) is 5.47. The minimum absolute atomic E-state index is 0.0184. The van der Waals surface area contributed by atoms with Crippen molar-refractivity contribution < 1.29 is 19.1 Å². The maximum Gasteiger partial charge on any atom is 0.251 e. The molecule has 1 atom stereocenters. The summed E-state index contributed by atoms with van der Waals surface area (Å²) in [6.45, 7) is 0.346. The molecule has 0 aliphatic carbocycles. The van der Waals surface area contributed by atoms with Crippen molar-refractivity contribution in [1.82, 2.24) is 5.32 Å². The van der Waals surface area contributed by atoms with Crippen LogP contribution in [0.25, 0.3) is 0 Å². The molecular weight excluding hydrogens is 484 g/mol. The van der Waals surface area contributed by atoms with Gasteiger partial charge in [0.15, 0.2) is 0 Å². The molecule has 4 aromatic rings. The molecule has 0 aliphatic rings. The first kappa shape index (κ1) is 26.0. The van der Waals surface area contributed by atoms with Crippen LogP contribution in [0.3, 0.4) is 0 Å². The Bertz CT molecular complexity index is 1280. The lowest BCUT2D eigenvalue weighted by Gasteiger charge is -2.19. The highest BCUT2D eigenvalue weighted by atomic mass is 32.2. The molecule has 4 rings (SSSR count). The van der Waals surface area contributed by atoms with Crippen LogP contribution in [0.2, 0.25) is 0 Å². The first-order valence-corrected chi connectivity index (χ1v) is 13.0. The standard InChI is InChI=1S/C30H28N2O4S/c1-37-27-18-12-23(13-19-27)29(33)32-28(21-35-20-22-8-4-2-5-9-22)30(34)31-24-14-16-26(17-15-24)36-25-10-6-3-7-11-25/h2-19,28H,20-21H2,1H3,(H,31,34)(H,32,33). The van der Waals surface area contributed by atoms with Crippen LogP contribution < -0.4 is 15.4 Å². The lowest BCUT2D eigenvalue weighted by Crippen LogP contribution is -2.46. The van der Waals surface area contributed by atoms with Gasteiger partial charge in [0.25, 0.3) is 5.91 Å². The molecule has 0 saturated heterocycles. The Labute approximate surface area is 221 Å². The summed E-state index contributed by atoms with van der Waals surface area (Å²) in [6.07, 6.45) is 1.97. The number of thioether (sulfide) groups is 1. The Morgan fingerprint density at radius 2 is 1.41 bits per heavy atom. The fraction of sp³-hybridized carbons (Fsp3) is 0.133. The highest BCUT2D eigenvalue weighted by Gasteiger charge is 2.22. The summed E-state index contributed by atoms with van der Waals surface area (Å²) in [5.74, 6) is 0.652. The minimum atomic E-state index is -0.892. The summed E-state index contributed by atoms with van der Waals surface area (Å²) in [5, 5.41) is 5.68. The van der Waals surface area contributed by atoms with Crippen molar-refractivity contribution in [2.75, 3.05) is 18.2 Å². The normalized spacial score (nSPS) is 11.4. The number of benzene rings is 4. The van der Waals surface area contributed by atoms with Crippen LogP contribution in [0.1, 0.15) is 15.9 Å². The monoisotopic (exact) mass is 512 g/mol. The predicted octanol–water partition coefficient (Wildman–Crippen LogP) is 6.15. The molecule has 4 aromatic carbocycles. The molecule has 0 fully saturated rings. The zero-order chi connectivity index (χ0) is 25.9. The molecule has 37 heavy (non-hydrogen) atoms. The van der Waals surface area contributed by atoms with Gasteiger partial charge in [0, 0.05) is 16.1 Å². The van der Waals surface area contributed by atoms with Crippen LogP contribution in [0.15, 0.2) is 114 Å². The molecule has 0 bridgehead atoms. The number of nitrogens with one attached hydrogen (secondary N) is 2. The van der Waals surface area contributed by atoms with E-state index in [0.717, 1.165) is 16.2 Å². The number of hydrogen-bond donors (Lipinski definition) is 2. The van der Waals surface area contributed by atoms with Crippen LogP contribution in [0.4, 0.5) is 5.69 Å². The zero-order valence-electron chi connectivity index (χ0n) is 20.4. The maximum absolute atomic E-state index is 13.2. The topological polar surface area (TPSA) is 76.7 Å². The second-order valence-corrected chi connectivity index (χ2v) is 9.06. The van der Waals surface area contributed by atoms with Crippen LogP contribution in [0, 0.1) is 0 Å². The smallest absolute Gasteiger partial charge is 0.251 e. The van der Waals surface area contributed by atoms with Gasteiger partial charge in [0.05, 0.1) is 13.2 Å². The van der Waals surface area contributed by atoms with Gasteiger partial charge in [-0.05, 0) is 72.5 Å². The van der Waals surface area contributed by atoms with Gasteiger partial charge in [-0.2, -0.15) is 0 Å². The Morgan fingerprint density at radius 3 is 2.05 bits per heavy atom. The van der Waals surface area contributed by atoms with Crippen molar-refractivity contribution in [3.63, 3.8) is 0 Å². The molecule has 2 amide bonds. The maximum atomic E-state index is 13.2. The fourth-order valence-corrected chi connectivity index (χ4v) is 3.90. The summed E-state index contributed by atoms with van der Waals surface area (Å²) in [5.41, 5.74) is 2.03. The number of para-hydroxylation sites is 1. The van der Waals surface area contributed by atoms with E-state index in [0.29, 0.717) is 23.6 Å². The molecule has 188 valence electrons. The van der Waals surface area contributed by atoms with E-state index in [4.69, 9.17) is 9.47 Å². The molecule has 0 heterocycles. The summed E-state index contributed by atoms with van der Waals surface area (Å²) in [6, 6.07) is 32.5. The molecule has 0 aliphatic heterocycles. The summed E-state index contributed by atoms with van der Waals surface area (Å²) in [7, 11) is 0. The second kappa shape index (κ2) is 13.3. The minimum Gasteiger partial charge on any atom is -0.457 e. The number of carbonyl (C=O) groups excluding carboxylic acids is 2. The zero-order valence-corrected chi connectivity index (χ0v) is 21.2. The Morgan fingerprint density at radius 1 is 0.784 bits per heavy atom. The first-order valence-electron chi connectivity index (χ1n) is 11.8. The molecule has 2 N–H and O–H groups in total. The Balaban J connectivity index is 1.41. The van der Waals surface area contributed by atoms with E-state index in [9.17, 15) is 9.59 Å². The van der Waals surface area contributed by atoms with Crippen molar-refractivity contribution in [3.05, 3.63) is 120 Å². The molecule has 6 nitrogen and oxygen atoms in total. The van der Waals surface area contributed by atoms with Crippen LogP contribution >= 0.6 is 11.8 Å². The van der Waals surface area contributed by atoms with Crippen molar-refractivity contribution in [2.45, 2.75) is 17.5 Å². The van der Waals surface area contributed by atoms with E-state index < -0.39 is 6.04 Å². The Kier molecular flexibility index (Phi) is 9.35. The van der Waals surface area contributed by atoms with Crippen molar-refractivity contribution in [3.8, 4) is 11.5 Å². The molecule has 0 spiro atoms. The molecule has 0 radical (unpaired) electrons. The average Bonchev–Trinajstić information content (AvgIpc) is 2.94. The van der Waals surface area contributed by atoms with E-state index in [1.807, 2.05) is 79.1 Å². The predicted molar refractivity (Wildman–Crippen MR) is 147 cm³/mol. The lowest BCUT2D eigenvalue weighted by molar-refractivity contribution is -0.119. The van der Waals surface area contributed by atoms with Gasteiger partial charge in [-0.3, -0.25) is 9.59 Å². The number of ether oxygens (including phenoxy) is 2. The van der Waals surface area contributed by atoms with Crippen molar-refractivity contribution in [1.29, 1.82) is 0 Å². The summed E-state index contributed by atoms with van der Waals surface area (Å²) >= 11 is 1.59. The summed E-state index contributed by atoms with van der Waals surface area (Å²) in [4.78, 5) is 27.1. The largest absolute Gasteiger partial charge is 0.457 e. The van der Waals surface area contributed by atoms with Gasteiger partial charge >= 0.3 is 0 Å². The highest BCUT2D eigenvalue weighted by Crippen LogP contribution is 2.23. The lowest BCUT2D eigenvalue weighted by atomic mass is 10.2. The quantitative estimate of drug-likeness (QED) is 0.236. The molecule has 0 aromatic heterocycles. The second-order valence-electron chi connectivity index (χ2n) is 8.18. The SMILES string of the molecule is CSc1ccc(C(=O)NC(COCc2ccccc2)C(=O)Nc2ccc(Oc3ccccc3)cc2)cc1. The van der Waals surface area contributed by atoms with E-state index in [-0.39, 0.29) is 18.4 Å². The van der Waals surface area contributed by atoms with E-state index >= 15 is 0 Å². The molecule has 1 unspecified atom stereocenters. The van der Waals surface area contributed by atoms with Gasteiger partial charge in [0.1, 0.15) is 17.5 Å². The number of rotatable bonds is 11. The Hall–Kier alpha value is -4.07. The highest BCUT2D eigenvalue weighted by molar-refractivity contribution is 7.98. The van der Waals surface area contributed by atoms with Crippen LogP contribution in [-0.4, -0.2) is 30.7 Å². The summed E-state index contributed by atoms with van der Waals surface area (Å²) < 4.78 is 11.6. The fourth-order valence-electron chi connectivity index (χ4n) is 3.50. The van der Waals surface area contributed by atoms with Gasteiger partial charge in [0.2, 0.25) is 5.91 Å². The third kappa shape index (κ3) is 7.96. The van der Waals surface area contributed by atoms with E-state index in [2.05, 4.69) is 10.6 Å². The van der Waals surface area contributed by atoms with Gasteiger partial charge in [-0.15, -0.1) is 11.8 Å². The average molecular weight is 513 g/mol. The van der Waals surface area contributed by atoms with Gasteiger partial charge in [-0.1, -0.05) is 48.5 Å². The van der Waals surface area contributed by atoms with E-state index in [1.165, 1.54) is 0 Å². The number of hydrogen-bond acceptors (Lipinski definition) is 5. The molecule has 7 heteroatoms. The molecular formula is C30H28N2O4S. The van der Waals surface area contributed by atoms with Crippen LogP contribution in [-0.2, 0) is 16.1 Å². The number of amides is 2. The molecule has 0 saturated carbocycles. The van der Waals surface area contributed by atoms with Crippen molar-refractivity contribution >= 4 is 29.3 Å². The van der Waals surface area contributed by atoms with E-state index in [1.54, 1.807) is 48.2 Å². The van der Waals surface area contributed by atoms with Gasteiger partial charge < -0.3 is 20.1 Å². The van der Waals surface area contributed by atoms with Crippen LogP contribution in [0.5, 0.6) is 11.5 Å². The number of anilines is 1. The first-order chi connectivity index (χ1) is 18.1. The third-order valence-corrected chi connectivity index (χ3v) is 6.21.